The Morgan fingerprint density at radius 1 is 0.623 bits per heavy atom. The predicted octanol–water partition coefficient (Wildman–Crippen LogP) is 11.4. The van der Waals surface area contributed by atoms with Crippen LogP contribution < -0.4 is 10.5 Å². The Kier molecular flexibility index (Phi) is 18.1. The smallest absolute Gasteiger partial charge is 0.296 e. The lowest BCUT2D eigenvalue weighted by Crippen LogP contribution is -2.12. The molecule has 0 aromatic heterocycles. The number of nitrogen functional groups attached to an aromatic ring is 1. The highest BCUT2D eigenvalue weighted by molar-refractivity contribution is 7.94. The highest BCUT2D eigenvalue weighted by atomic mass is 32.2. The summed E-state index contributed by atoms with van der Waals surface area (Å²) in [6, 6.07) is 24.6. The Morgan fingerprint density at radius 3 is 1.73 bits per heavy atom. The van der Waals surface area contributed by atoms with Crippen molar-refractivity contribution < 1.29 is 83.5 Å². The number of nitro benzene ring substituents is 1. The molecule has 0 unspecified atom stereocenters. The van der Waals surface area contributed by atoms with Gasteiger partial charge in [0, 0.05) is 17.8 Å². The van der Waals surface area contributed by atoms with Crippen molar-refractivity contribution in [3.05, 3.63) is 131 Å². The Morgan fingerprint density at radius 2 is 1.16 bits per heavy atom. The van der Waals surface area contributed by atoms with E-state index in [1.54, 1.807) is 0 Å². The summed E-state index contributed by atoms with van der Waals surface area (Å²) < 4.78 is 103. The second-order valence-corrected chi connectivity index (χ2v) is 21.3. The molecule has 7 aromatic carbocycles. The van der Waals surface area contributed by atoms with E-state index in [0.29, 0.717) is 12.0 Å². The summed E-state index contributed by atoms with van der Waals surface area (Å²) in [5, 5.41) is 98.7. The molecule has 0 saturated heterocycles. The third kappa shape index (κ3) is 14.2. The van der Waals surface area contributed by atoms with Crippen molar-refractivity contribution in [1.29, 1.82) is 0 Å². The van der Waals surface area contributed by atoms with Crippen molar-refractivity contribution in [2.75, 3.05) is 22.8 Å². The number of hydrogen-bond acceptors (Lipinski definition) is 29. The van der Waals surface area contributed by atoms with Gasteiger partial charge in [0.25, 0.3) is 25.8 Å². The number of azo groups is 4. The van der Waals surface area contributed by atoms with Crippen LogP contribution in [0.25, 0.3) is 10.8 Å². The number of nitrogens with zero attached hydrogens (tertiary/aromatic N) is 9. The quantitative estimate of drug-likeness (QED) is 0.00431. The van der Waals surface area contributed by atoms with Crippen LogP contribution in [-0.4, -0.2) is 72.9 Å². The predicted molar refractivity (Wildman–Crippen MR) is 271 cm³/mol. The lowest BCUT2D eigenvalue weighted by atomic mass is 10.1. The summed E-state index contributed by atoms with van der Waals surface area (Å²) in [5.41, 5.74) is 4.84. The van der Waals surface area contributed by atoms with Gasteiger partial charge in [0.15, 0.2) is 39.3 Å². The minimum Gasteiger partial charge on any atom is -0.505 e. The van der Waals surface area contributed by atoms with Crippen LogP contribution in [0.4, 0.5) is 62.6 Å². The van der Waals surface area contributed by atoms with E-state index in [1.165, 1.54) is 103 Å². The zero-order valence-corrected chi connectivity index (χ0v) is 42.2. The first-order valence-corrected chi connectivity index (χ1v) is 26.7. The van der Waals surface area contributed by atoms with Gasteiger partial charge in [-0.25, -0.2) is 27.4 Å². The number of sulfone groups is 1. The number of rotatable bonds is 23. The van der Waals surface area contributed by atoms with E-state index >= 15 is 0 Å². The summed E-state index contributed by atoms with van der Waals surface area (Å²) in [5.74, 6) is -2.47. The number of non-ortho nitro benzene ring substituents is 1. The summed E-state index contributed by atoms with van der Waals surface area (Å²) in [6.07, 6.45) is 0. The highest BCUT2D eigenvalue weighted by Crippen LogP contribution is 2.50. The Bertz CT molecular complexity index is 3800. The zero-order valence-electron chi connectivity index (χ0n) is 38.1. The summed E-state index contributed by atoms with van der Waals surface area (Å²) in [7, 11) is -13.3. The summed E-state index contributed by atoms with van der Waals surface area (Å²) in [6.45, 7) is -0.339. The molecule has 0 aliphatic heterocycles. The molecule has 0 radical (unpaired) electrons. The Hall–Kier alpha value is -8.17. The van der Waals surface area contributed by atoms with Gasteiger partial charge in [0.2, 0.25) is 0 Å². The third-order valence-electron chi connectivity index (χ3n) is 9.99. The summed E-state index contributed by atoms with van der Waals surface area (Å²) in [4.78, 5) is 8.88. The number of nitro groups is 1. The van der Waals surface area contributed by atoms with E-state index in [0.717, 1.165) is 18.2 Å². The van der Waals surface area contributed by atoms with Gasteiger partial charge in [-0.1, -0.05) is 10.1 Å². The van der Waals surface area contributed by atoms with Crippen LogP contribution in [0.1, 0.15) is 0 Å². The van der Waals surface area contributed by atoms with Crippen LogP contribution in [0.15, 0.2) is 182 Å². The topological polar surface area (TPSA) is 450 Å². The number of sulfonamides is 1. The molecular formula is C42H33N11O19S5. The molecule has 9 N–H and O–H groups in total. The van der Waals surface area contributed by atoms with Gasteiger partial charge in [0.1, 0.15) is 27.7 Å². The summed E-state index contributed by atoms with van der Waals surface area (Å²) >= 11 is 0.521. The maximum absolute atomic E-state index is 13.4. The highest BCUT2D eigenvalue weighted by Gasteiger charge is 2.26. The molecule has 7 aromatic rings. The van der Waals surface area contributed by atoms with E-state index in [-0.39, 0.29) is 101 Å². The van der Waals surface area contributed by atoms with Gasteiger partial charge in [-0.05, 0) is 115 Å². The number of benzene rings is 7. The van der Waals surface area contributed by atoms with Crippen molar-refractivity contribution in [3.63, 3.8) is 0 Å². The standard InChI is InChI=1S/C42H33N11O19S5/c43-37-36-23(21-34(73-71-69-59)39(37)50-46-26-7-13-30(14-8-26)75(61,62)20-19-68-74-72-70-60)22-35(77(65,66)67)40(42(36)56)51-47-27-9-15-31(16-10-27)76(63,64)52-28-3-1-24(2-4-28)45-49-38-33(54)18-17-32(41(38)55)48-44-25-5-11-29(12-6-25)53(57)58/h1-18,21-22,52,54-56,59-60H,19-20,43H2,(H,65,66,67)/b48-44?,49-45+,50-46+,51-47+. The number of nitrogens with one attached hydrogen (secondary N) is 1. The van der Waals surface area contributed by atoms with Crippen LogP contribution in [0.5, 0.6) is 17.2 Å². The first-order chi connectivity index (χ1) is 36.7. The monoisotopic (exact) mass is 1160 g/mol. The molecule has 400 valence electrons. The van der Waals surface area contributed by atoms with Gasteiger partial charge >= 0.3 is 0 Å². The minimum absolute atomic E-state index is 0.0705. The fourth-order valence-electron chi connectivity index (χ4n) is 6.39. The molecule has 0 aliphatic carbocycles. The fraction of sp³-hybridized carbons (Fsp3) is 0.0476. The molecule has 0 fully saturated rings. The molecule has 0 bridgehead atoms. The molecule has 77 heavy (non-hydrogen) atoms. The van der Waals surface area contributed by atoms with E-state index in [9.17, 15) is 55.2 Å². The SMILES string of the molecule is Nc1c(/N=N/c2ccc(S(=O)(=O)CCOSOOO)cc2)c(SOOO)cc2cc(S(=O)(=O)O)c(/N=N/c3ccc(S(=O)(=O)Nc4ccc(/N=N/c5c(O)ccc(N=Nc6ccc([N+](=O)[O-])cc6)c5O)cc4)cc3)c(O)c12. The van der Waals surface area contributed by atoms with E-state index < -0.39 is 68.5 Å². The number of phenols is 3. The van der Waals surface area contributed by atoms with E-state index in [1.807, 2.05) is 0 Å². The van der Waals surface area contributed by atoms with Crippen LogP contribution >= 0.6 is 24.4 Å². The minimum atomic E-state index is -5.18. The lowest BCUT2D eigenvalue weighted by molar-refractivity contribution is -0.434. The van der Waals surface area contributed by atoms with Gasteiger partial charge in [-0.2, -0.15) is 28.9 Å². The van der Waals surface area contributed by atoms with Crippen molar-refractivity contribution in [2.45, 2.75) is 19.6 Å². The van der Waals surface area contributed by atoms with Gasteiger partial charge in [-0.3, -0.25) is 23.6 Å². The molecule has 35 heteroatoms. The first-order valence-electron chi connectivity index (χ1n) is 20.7. The fourth-order valence-corrected chi connectivity index (χ4v) is 10.0. The maximum atomic E-state index is 13.4. The zero-order chi connectivity index (χ0) is 55.5. The van der Waals surface area contributed by atoms with E-state index in [2.05, 4.69) is 64.4 Å². The second-order valence-electron chi connectivity index (χ2n) is 14.9. The first kappa shape index (κ1) is 56.6. The maximum Gasteiger partial charge on any atom is 0.296 e. The molecule has 0 saturated carbocycles. The molecule has 0 aliphatic rings. The van der Waals surface area contributed by atoms with Gasteiger partial charge in [-0.15, -0.1) is 29.1 Å². The number of fused-ring (bicyclic) bond motifs is 1. The molecule has 30 nitrogen and oxygen atoms in total. The molecular weight excluding hydrogens is 1120 g/mol. The molecule has 0 spiro atoms. The number of nitrogens with two attached hydrogens (primary N) is 1. The molecule has 7 rings (SSSR count). The van der Waals surface area contributed by atoms with Crippen LogP contribution in [0.2, 0.25) is 0 Å². The number of anilines is 2. The average molecular weight is 1160 g/mol. The van der Waals surface area contributed by atoms with Gasteiger partial charge in [0.05, 0.1) is 77.8 Å². The second kappa shape index (κ2) is 24.7. The van der Waals surface area contributed by atoms with Crippen LogP contribution in [0.3, 0.4) is 0 Å². The Labute approximate surface area is 441 Å². The Balaban J connectivity index is 1.07. The van der Waals surface area contributed by atoms with Crippen LogP contribution in [0, 0.1) is 10.1 Å². The molecule has 0 atom stereocenters. The van der Waals surface area contributed by atoms with Gasteiger partial charge < -0.3 is 21.1 Å². The van der Waals surface area contributed by atoms with Crippen LogP contribution in [-0.2, 0) is 52.9 Å². The largest absolute Gasteiger partial charge is 0.505 e. The number of phenolic OH excluding ortho intramolecular Hbond substituents is 3. The van der Waals surface area contributed by atoms with Crippen molar-refractivity contribution in [1.82, 2.24) is 0 Å². The van der Waals surface area contributed by atoms with Crippen molar-refractivity contribution in [3.8, 4) is 17.2 Å². The van der Waals surface area contributed by atoms with Crippen molar-refractivity contribution >= 4 is 128 Å². The molecule has 0 heterocycles. The normalized spacial score (nSPS) is 12.5. The average Bonchev–Trinajstić information content (AvgIpc) is 3.48. The number of aromatic hydroxyl groups is 3. The van der Waals surface area contributed by atoms with Crippen molar-refractivity contribution in [2.24, 2.45) is 40.9 Å². The lowest BCUT2D eigenvalue weighted by Gasteiger charge is -2.14. The van der Waals surface area contributed by atoms with E-state index in [4.69, 9.17) is 20.4 Å². The number of hydrogen-bond donors (Lipinski definition) is 8. The molecule has 0 amide bonds. The third-order valence-corrected chi connectivity index (χ3v) is 14.9.